The van der Waals surface area contributed by atoms with Crippen molar-refractivity contribution in [2.24, 2.45) is 0 Å². The Balaban J connectivity index is 2.09. The van der Waals surface area contributed by atoms with Gasteiger partial charge in [0, 0.05) is 6.92 Å². The van der Waals surface area contributed by atoms with Gasteiger partial charge in [0.05, 0.1) is 6.54 Å². The Hall–Kier alpha value is -1.57. The van der Waals surface area contributed by atoms with E-state index in [1.165, 1.54) is 24.2 Å². The summed E-state index contributed by atoms with van der Waals surface area (Å²) < 4.78 is 4.65. The molecule has 0 saturated carbocycles. The van der Waals surface area contributed by atoms with Crippen LogP contribution >= 0.6 is 0 Å². The van der Waals surface area contributed by atoms with Gasteiger partial charge in [0.1, 0.15) is 18.9 Å². The largest absolute Gasteiger partial charge is 0.253 e. The molecule has 0 spiro atoms. The molecule has 0 unspecified atom stereocenters. The molecular weight excluding hydrogens is 208 g/mol. The van der Waals surface area contributed by atoms with Gasteiger partial charge in [-0.1, -0.05) is 43.7 Å². The first-order valence-corrected chi connectivity index (χ1v) is 6.40. The van der Waals surface area contributed by atoms with Crippen molar-refractivity contribution in [3.05, 3.63) is 54.1 Å². The Bertz CT molecular complexity index is 457. The molecule has 2 aromatic rings. The lowest BCUT2D eigenvalue weighted by Crippen LogP contribution is -2.35. The Morgan fingerprint density at radius 1 is 1.18 bits per heavy atom. The van der Waals surface area contributed by atoms with Gasteiger partial charge in [-0.15, -0.1) is 0 Å². The number of aryl methyl sites for hydroxylation is 1. The molecule has 0 bridgehead atoms. The van der Waals surface area contributed by atoms with E-state index in [-0.39, 0.29) is 0 Å². The van der Waals surface area contributed by atoms with E-state index < -0.39 is 0 Å². The van der Waals surface area contributed by atoms with Crippen molar-refractivity contribution in [1.29, 1.82) is 0 Å². The van der Waals surface area contributed by atoms with Crippen molar-refractivity contribution in [2.45, 2.75) is 39.8 Å². The summed E-state index contributed by atoms with van der Waals surface area (Å²) in [5, 5.41) is 0. The standard InChI is InChI=1S/C15H21N2/c1-3-4-10-16-11-12-17(14(16)2)13-15-8-6-5-7-9-15/h5-9,11-12H,3-4,10,13H2,1-2H3/q+1. The molecule has 1 heterocycles. The van der Waals surface area contributed by atoms with Gasteiger partial charge in [-0.25, -0.2) is 9.13 Å². The smallest absolute Gasteiger partial charge is 0.234 e. The number of unbranched alkanes of at least 4 members (excludes halogenated alkanes) is 1. The Labute approximate surface area is 104 Å². The van der Waals surface area contributed by atoms with Crippen LogP contribution in [0.3, 0.4) is 0 Å². The molecule has 0 saturated heterocycles. The predicted molar refractivity (Wildman–Crippen MR) is 69.8 cm³/mol. The summed E-state index contributed by atoms with van der Waals surface area (Å²) in [5.41, 5.74) is 1.36. The Kier molecular flexibility index (Phi) is 3.97. The lowest BCUT2D eigenvalue weighted by atomic mass is 10.2. The van der Waals surface area contributed by atoms with Crippen LogP contribution in [0.5, 0.6) is 0 Å². The molecule has 1 aromatic heterocycles. The van der Waals surface area contributed by atoms with Gasteiger partial charge in [-0.3, -0.25) is 0 Å². The SMILES string of the molecule is CCCC[n+]1ccn(Cc2ccccc2)c1C. The van der Waals surface area contributed by atoms with Gasteiger partial charge in [-0.2, -0.15) is 0 Å². The van der Waals surface area contributed by atoms with Gasteiger partial charge < -0.3 is 0 Å². The Morgan fingerprint density at radius 2 is 1.94 bits per heavy atom. The molecule has 0 aliphatic rings. The minimum Gasteiger partial charge on any atom is -0.234 e. The summed E-state index contributed by atoms with van der Waals surface area (Å²) >= 11 is 0. The number of aromatic nitrogens is 2. The van der Waals surface area contributed by atoms with Crippen molar-refractivity contribution >= 4 is 0 Å². The van der Waals surface area contributed by atoms with E-state index in [0.717, 1.165) is 13.1 Å². The van der Waals surface area contributed by atoms with Gasteiger partial charge in [0.15, 0.2) is 0 Å². The molecule has 17 heavy (non-hydrogen) atoms. The maximum absolute atomic E-state index is 2.34. The minimum absolute atomic E-state index is 0.964. The zero-order valence-corrected chi connectivity index (χ0v) is 10.8. The van der Waals surface area contributed by atoms with Crippen LogP contribution in [0.2, 0.25) is 0 Å². The fraction of sp³-hybridized carbons (Fsp3) is 0.400. The number of nitrogens with zero attached hydrogens (tertiary/aromatic N) is 2. The summed E-state index contributed by atoms with van der Waals surface area (Å²) in [5.74, 6) is 1.34. The van der Waals surface area contributed by atoms with E-state index >= 15 is 0 Å². The van der Waals surface area contributed by atoms with E-state index in [9.17, 15) is 0 Å². The first-order chi connectivity index (χ1) is 8.31. The zero-order chi connectivity index (χ0) is 12.1. The highest BCUT2D eigenvalue weighted by Gasteiger charge is 2.11. The van der Waals surface area contributed by atoms with Crippen LogP contribution in [-0.4, -0.2) is 4.57 Å². The van der Waals surface area contributed by atoms with Crippen LogP contribution in [0.1, 0.15) is 31.2 Å². The van der Waals surface area contributed by atoms with Crippen LogP contribution < -0.4 is 4.57 Å². The number of benzene rings is 1. The first-order valence-electron chi connectivity index (χ1n) is 6.40. The highest BCUT2D eigenvalue weighted by Crippen LogP contribution is 2.04. The molecule has 1 aromatic carbocycles. The molecular formula is C15H21N2+. The van der Waals surface area contributed by atoms with E-state index in [1.807, 2.05) is 0 Å². The van der Waals surface area contributed by atoms with Gasteiger partial charge in [-0.05, 0) is 12.0 Å². The van der Waals surface area contributed by atoms with E-state index in [0.29, 0.717) is 0 Å². The summed E-state index contributed by atoms with van der Waals surface area (Å²) in [6.07, 6.45) is 6.86. The lowest BCUT2D eigenvalue weighted by molar-refractivity contribution is -0.702. The predicted octanol–water partition coefficient (Wildman–Crippen LogP) is 2.93. The highest BCUT2D eigenvalue weighted by molar-refractivity contribution is 5.15. The van der Waals surface area contributed by atoms with Gasteiger partial charge in [0.2, 0.25) is 0 Å². The maximum atomic E-state index is 2.34. The molecule has 2 heteroatoms. The number of hydrogen-bond acceptors (Lipinski definition) is 0. The average Bonchev–Trinajstić information content (AvgIpc) is 2.70. The fourth-order valence-corrected chi connectivity index (χ4v) is 2.05. The number of rotatable bonds is 5. The lowest BCUT2D eigenvalue weighted by Gasteiger charge is -2.01. The van der Waals surface area contributed by atoms with Crippen LogP contribution in [0.4, 0.5) is 0 Å². The van der Waals surface area contributed by atoms with Gasteiger partial charge in [0.25, 0.3) is 5.82 Å². The van der Waals surface area contributed by atoms with Gasteiger partial charge >= 0.3 is 0 Å². The maximum Gasteiger partial charge on any atom is 0.253 e. The second kappa shape index (κ2) is 5.67. The minimum atomic E-state index is 0.964. The average molecular weight is 229 g/mol. The number of imidazole rings is 1. The quantitative estimate of drug-likeness (QED) is 0.697. The molecule has 0 aliphatic carbocycles. The van der Waals surface area contributed by atoms with E-state index in [2.05, 4.69) is 65.7 Å². The van der Waals surface area contributed by atoms with Crippen molar-refractivity contribution in [2.75, 3.05) is 0 Å². The second-order valence-corrected chi connectivity index (χ2v) is 4.51. The molecule has 2 nitrogen and oxygen atoms in total. The summed E-state index contributed by atoms with van der Waals surface area (Å²) in [6.45, 7) is 6.52. The van der Waals surface area contributed by atoms with Crippen LogP contribution in [-0.2, 0) is 13.1 Å². The third kappa shape index (κ3) is 2.96. The summed E-state index contributed by atoms with van der Waals surface area (Å²) in [4.78, 5) is 0. The molecule has 90 valence electrons. The monoisotopic (exact) mass is 229 g/mol. The normalized spacial score (nSPS) is 10.7. The third-order valence-corrected chi connectivity index (χ3v) is 3.21. The topological polar surface area (TPSA) is 8.81 Å². The van der Waals surface area contributed by atoms with Crippen molar-refractivity contribution in [1.82, 2.24) is 4.57 Å². The fourth-order valence-electron chi connectivity index (χ4n) is 2.05. The van der Waals surface area contributed by atoms with Crippen molar-refractivity contribution in [3.63, 3.8) is 0 Å². The molecule has 2 rings (SSSR count). The zero-order valence-electron chi connectivity index (χ0n) is 10.8. The molecule has 0 radical (unpaired) electrons. The van der Waals surface area contributed by atoms with Crippen molar-refractivity contribution in [3.8, 4) is 0 Å². The van der Waals surface area contributed by atoms with Crippen molar-refractivity contribution < 1.29 is 4.57 Å². The summed E-state index contributed by atoms with van der Waals surface area (Å²) in [7, 11) is 0. The first kappa shape index (κ1) is 11.9. The molecule has 0 atom stereocenters. The third-order valence-electron chi connectivity index (χ3n) is 3.21. The molecule has 0 aliphatic heterocycles. The van der Waals surface area contributed by atoms with Crippen LogP contribution in [0.25, 0.3) is 0 Å². The van der Waals surface area contributed by atoms with E-state index in [1.54, 1.807) is 0 Å². The molecule has 0 N–H and O–H groups in total. The van der Waals surface area contributed by atoms with Crippen LogP contribution in [0, 0.1) is 6.92 Å². The highest BCUT2D eigenvalue weighted by atomic mass is 15.1. The Morgan fingerprint density at radius 3 is 2.65 bits per heavy atom. The van der Waals surface area contributed by atoms with Crippen LogP contribution in [0.15, 0.2) is 42.7 Å². The van der Waals surface area contributed by atoms with E-state index in [4.69, 9.17) is 0 Å². The summed E-state index contributed by atoms with van der Waals surface area (Å²) in [6, 6.07) is 10.6. The number of hydrogen-bond donors (Lipinski definition) is 0. The molecule has 0 amide bonds. The second-order valence-electron chi connectivity index (χ2n) is 4.51. The molecule has 0 fully saturated rings.